The van der Waals surface area contributed by atoms with Gasteiger partial charge in [0.2, 0.25) is 0 Å². The molecule has 0 aromatic heterocycles. The number of aliphatic hydroxyl groups is 1. The molecule has 3 rings (SSSR count). The molecular weight excluding hydrogens is 401 g/mol. The van der Waals surface area contributed by atoms with Gasteiger partial charge >= 0.3 is 6.18 Å². The molecule has 0 unspecified atom stereocenters. The van der Waals surface area contributed by atoms with Crippen LogP contribution in [0.15, 0.2) is 47.6 Å². The topological polar surface area (TPSA) is 71.4 Å². The summed E-state index contributed by atoms with van der Waals surface area (Å²) in [6, 6.07) is 11.3. The Bertz CT molecular complexity index is 990. The summed E-state index contributed by atoms with van der Waals surface area (Å²) in [4.78, 5) is 12.5. The Labute approximate surface area is 171 Å². The van der Waals surface area contributed by atoms with Gasteiger partial charge in [0.15, 0.2) is 6.61 Å². The van der Waals surface area contributed by atoms with Crippen molar-refractivity contribution in [1.82, 2.24) is 5.01 Å². The predicted molar refractivity (Wildman–Crippen MR) is 103 cm³/mol. The van der Waals surface area contributed by atoms with E-state index in [1.54, 1.807) is 30.3 Å². The molecule has 1 aliphatic rings. The van der Waals surface area contributed by atoms with E-state index in [2.05, 4.69) is 5.10 Å². The molecule has 1 N–H and O–H groups in total. The van der Waals surface area contributed by atoms with Crippen molar-refractivity contribution in [3.05, 3.63) is 59.2 Å². The fraction of sp³-hybridized carbons (Fsp3) is 0.333. The standard InChI is InChI=1S/C21H21F3N2O4/c1-13-7-8-17(9-14(13)2)30-12-19(27)26-20(28,21(22,23)24)11-18(25-26)15-5-4-6-16(10-15)29-3/h4-10,28H,11-12H2,1-3H3/t20-/m0/s1. The lowest BCUT2D eigenvalue weighted by Crippen LogP contribution is -2.57. The Hall–Kier alpha value is -3.07. The van der Waals surface area contributed by atoms with Crippen molar-refractivity contribution in [2.45, 2.75) is 32.2 Å². The molecular formula is C21H21F3N2O4. The Morgan fingerprint density at radius 3 is 2.53 bits per heavy atom. The summed E-state index contributed by atoms with van der Waals surface area (Å²) in [7, 11) is 1.42. The van der Waals surface area contributed by atoms with Gasteiger partial charge in [0.1, 0.15) is 11.5 Å². The van der Waals surface area contributed by atoms with Crippen LogP contribution >= 0.6 is 0 Å². The first-order valence-electron chi connectivity index (χ1n) is 9.09. The van der Waals surface area contributed by atoms with E-state index in [9.17, 15) is 23.1 Å². The molecule has 0 radical (unpaired) electrons. The highest BCUT2D eigenvalue weighted by atomic mass is 19.4. The van der Waals surface area contributed by atoms with Gasteiger partial charge in [-0.15, -0.1) is 0 Å². The summed E-state index contributed by atoms with van der Waals surface area (Å²) in [6.07, 6.45) is -6.02. The van der Waals surface area contributed by atoms with Crippen molar-refractivity contribution in [3.63, 3.8) is 0 Å². The number of amides is 1. The van der Waals surface area contributed by atoms with Gasteiger partial charge in [-0.05, 0) is 49.2 Å². The fourth-order valence-electron chi connectivity index (χ4n) is 3.00. The van der Waals surface area contributed by atoms with Crippen LogP contribution in [-0.2, 0) is 4.79 Å². The minimum atomic E-state index is -5.12. The molecule has 30 heavy (non-hydrogen) atoms. The second kappa shape index (κ2) is 7.98. The maximum atomic E-state index is 13.7. The molecule has 1 atom stereocenters. The van der Waals surface area contributed by atoms with Crippen molar-refractivity contribution >= 4 is 11.6 Å². The minimum absolute atomic E-state index is 0.0584. The number of hydrogen-bond donors (Lipinski definition) is 1. The molecule has 9 heteroatoms. The molecule has 6 nitrogen and oxygen atoms in total. The summed E-state index contributed by atoms with van der Waals surface area (Å²) in [5, 5.41) is 14.2. The highest BCUT2D eigenvalue weighted by Gasteiger charge is 2.63. The van der Waals surface area contributed by atoms with E-state index in [1.165, 1.54) is 19.2 Å². The van der Waals surface area contributed by atoms with E-state index >= 15 is 0 Å². The molecule has 2 aromatic rings. The Morgan fingerprint density at radius 2 is 1.90 bits per heavy atom. The lowest BCUT2D eigenvalue weighted by Gasteiger charge is -2.32. The molecule has 1 aliphatic heterocycles. The van der Waals surface area contributed by atoms with E-state index in [-0.39, 0.29) is 10.7 Å². The average molecular weight is 422 g/mol. The number of halogens is 3. The molecule has 0 spiro atoms. The molecule has 0 fully saturated rings. The van der Waals surface area contributed by atoms with Crippen molar-refractivity contribution in [2.24, 2.45) is 5.10 Å². The lowest BCUT2D eigenvalue weighted by molar-refractivity contribution is -0.302. The molecule has 160 valence electrons. The van der Waals surface area contributed by atoms with Crippen molar-refractivity contribution in [3.8, 4) is 11.5 Å². The van der Waals surface area contributed by atoms with Crippen molar-refractivity contribution in [1.29, 1.82) is 0 Å². The number of nitrogens with zero attached hydrogens (tertiary/aromatic N) is 2. The van der Waals surface area contributed by atoms with E-state index < -0.39 is 30.8 Å². The zero-order chi connectivity index (χ0) is 22.1. The van der Waals surface area contributed by atoms with Gasteiger partial charge in [0.25, 0.3) is 11.6 Å². The number of carbonyl (C=O) groups is 1. The SMILES string of the molecule is COc1cccc(C2=NN(C(=O)COc3ccc(C)c(C)c3)[C@@](O)(C(F)(F)F)C2)c1. The number of rotatable bonds is 5. The van der Waals surface area contributed by atoms with Gasteiger partial charge in [0, 0.05) is 5.56 Å². The molecule has 2 aromatic carbocycles. The van der Waals surface area contributed by atoms with Crippen LogP contribution in [0.25, 0.3) is 0 Å². The summed E-state index contributed by atoms with van der Waals surface area (Å²) in [5.41, 5.74) is -1.33. The monoisotopic (exact) mass is 422 g/mol. The Balaban J connectivity index is 1.86. The number of carbonyl (C=O) groups excluding carboxylic acids is 1. The molecule has 1 heterocycles. The first-order chi connectivity index (χ1) is 14.0. The number of alkyl halides is 3. The van der Waals surface area contributed by atoms with Crippen LogP contribution in [-0.4, -0.2) is 47.4 Å². The Kier molecular flexibility index (Phi) is 5.76. The summed E-state index contributed by atoms with van der Waals surface area (Å²) >= 11 is 0. The maximum absolute atomic E-state index is 13.7. The highest BCUT2D eigenvalue weighted by molar-refractivity contribution is 6.03. The number of hydrogen-bond acceptors (Lipinski definition) is 5. The van der Waals surface area contributed by atoms with Crippen LogP contribution in [0.4, 0.5) is 13.2 Å². The number of benzene rings is 2. The molecule has 0 saturated heterocycles. The second-order valence-electron chi connectivity index (χ2n) is 7.01. The van der Waals surface area contributed by atoms with Crippen LogP contribution in [0.3, 0.4) is 0 Å². The number of hydrazone groups is 1. The van der Waals surface area contributed by atoms with Gasteiger partial charge in [-0.3, -0.25) is 4.79 Å². The minimum Gasteiger partial charge on any atom is -0.497 e. The molecule has 1 amide bonds. The lowest BCUT2D eigenvalue weighted by atomic mass is 10.0. The Morgan fingerprint density at radius 1 is 1.17 bits per heavy atom. The second-order valence-corrected chi connectivity index (χ2v) is 7.01. The third kappa shape index (κ3) is 4.11. The zero-order valence-electron chi connectivity index (χ0n) is 16.7. The predicted octanol–water partition coefficient (Wildman–Crippen LogP) is 3.58. The molecule has 0 saturated carbocycles. The summed E-state index contributed by atoms with van der Waals surface area (Å²) < 4.78 is 51.4. The van der Waals surface area contributed by atoms with E-state index in [0.717, 1.165) is 11.1 Å². The van der Waals surface area contributed by atoms with Crippen LogP contribution in [0, 0.1) is 13.8 Å². The number of aryl methyl sites for hydroxylation is 2. The van der Waals surface area contributed by atoms with Crippen molar-refractivity contribution in [2.75, 3.05) is 13.7 Å². The highest BCUT2D eigenvalue weighted by Crippen LogP contribution is 2.41. The van der Waals surface area contributed by atoms with E-state index in [1.807, 2.05) is 13.8 Å². The van der Waals surface area contributed by atoms with Gasteiger partial charge in [-0.25, -0.2) is 0 Å². The zero-order valence-corrected chi connectivity index (χ0v) is 16.7. The van der Waals surface area contributed by atoms with E-state index in [0.29, 0.717) is 17.1 Å². The first-order valence-corrected chi connectivity index (χ1v) is 9.09. The number of ether oxygens (including phenoxy) is 2. The van der Waals surface area contributed by atoms with Crippen LogP contribution in [0.5, 0.6) is 11.5 Å². The average Bonchev–Trinajstić information content (AvgIpc) is 3.08. The maximum Gasteiger partial charge on any atom is 0.438 e. The molecule has 0 bridgehead atoms. The van der Waals surface area contributed by atoms with Crippen molar-refractivity contribution < 1.29 is 32.5 Å². The smallest absolute Gasteiger partial charge is 0.438 e. The summed E-state index contributed by atoms with van der Waals surface area (Å²) in [5.74, 6) is -0.377. The third-order valence-corrected chi connectivity index (χ3v) is 4.92. The summed E-state index contributed by atoms with van der Waals surface area (Å²) in [6.45, 7) is 3.03. The molecule has 0 aliphatic carbocycles. The van der Waals surface area contributed by atoms with Crippen LogP contribution < -0.4 is 9.47 Å². The third-order valence-electron chi connectivity index (χ3n) is 4.92. The quantitative estimate of drug-likeness (QED) is 0.800. The van der Waals surface area contributed by atoms with Gasteiger partial charge in [-0.1, -0.05) is 18.2 Å². The number of methoxy groups -OCH3 is 1. The normalized spacial score (nSPS) is 18.9. The van der Waals surface area contributed by atoms with Gasteiger partial charge in [0.05, 0.1) is 19.2 Å². The fourth-order valence-corrected chi connectivity index (χ4v) is 3.00. The largest absolute Gasteiger partial charge is 0.497 e. The van der Waals surface area contributed by atoms with E-state index in [4.69, 9.17) is 9.47 Å². The first kappa shape index (κ1) is 21.6. The van der Waals surface area contributed by atoms with Crippen LogP contribution in [0.1, 0.15) is 23.1 Å². The van der Waals surface area contributed by atoms with Gasteiger partial charge in [-0.2, -0.15) is 23.3 Å². The van der Waals surface area contributed by atoms with Crippen LogP contribution in [0.2, 0.25) is 0 Å². The van der Waals surface area contributed by atoms with Gasteiger partial charge < -0.3 is 14.6 Å².